The van der Waals surface area contributed by atoms with Crippen molar-refractivity contribution in [3.8, 4) is 0 Å². The van der Waals surface area contributed by atoms with E-state index in [0.29, 0.717) is 0 Å². The van der Waals surface area contributed by atoms with E-state index in [2.05, 4.69) is 20.2 Å². The normalized spacial score (nSPS) is 19.4. The van der Waals surface area contributed by atoms with Gasteiger partial charge in [0.1, 0.15) is 0 Å². The molecule has 19 heavy (non-hydrogen) atoms. The first-order valence-electron chi connectivity index (χ1n) is 6.52. The molecule has 1 aromatic rings. The Bertz CT molecular complexity index is 431. The predicted octanol–water partition coefficient (Wildman–Crippen LogP) is 0.253. The third kappa shape index (κ3) is 3.89. The van der Waals surface area contributed by atoms with Gasteiger partial charge in [0, 0.05) is 64.7 Å². The molecule has 1 fully saturated rings. The van der Waals surface area contributed by atoms with Crippen molar-refractivity contribution in [1.82, 2.24) is 20.2 Å². The van der Waals surface area contributed by atoms with Crippen molar-refractivity contribution < 1.29 is 4.79 Å². The maximum Gasteiger partial charge on any atom is 0.224 e. The lowest BCUT2D eigenvalue weighted by Crippen LogP contribution is -2.35. The molecule has 0 radical (unpaired) electrons. The van der Waals surface area contributed by atoms with Crippen LogP contribution in [0.25, 0.3) is 0 Å². The van der Waals surface area contributed by atoms with Crippen LogP contribution in [0.4, 0.5) is 5.95 Å². The van der Waals surface area contributed by atoms with Gasteiger partial charge in [-0.2, -0.15) is 0 Å². The van der Waals surface area contributed by atoms with Crippen LogP contribution in [-0.2, 0) is 11.3 Å². The van der Waals surface area contributed by atoms with Gasteiger partial charge in [-0.1, -0.05) is 0 Å². The summed E-state index contributed by atoms with van der Waals surface area (Å²) in [6, 6.07) is 0.277. The second-order valence-electron chi connectivity index (χ2n) is 5.21. The summed E-state index contributed by atoms with van der Waals surface area (Å²) in [5.41, 5.74) is 1.11. The average molecular weight is 263 g/mol. The number of carbonyl (C=O) groups excluding carboxylic acids is 1. The SMILES string of the molecule is CC(=O)N[C@@H]1CCN(Cc2cnc(N(C)C)nc2)C1. The van der Waals surface area contributed by atoms with E-state index in [1.165, 1.54) is 0 Å². The molecule has 1 amide bonds. The van der Waals surface area contributed by atoms with E-state index in [1.54, 1.807) is 6.92 Å². The molecule has 6 heteroatoms. The van der Waals surface area contributed by atoms with Gasteiger partial charge in [0.15, 0.2) is 0 Å². The molecule has 0 aromatic carbocycles. The number of nitrogens with zero attached hydrogens (tertiary/aromatic N) is 4. The van der Waals surface area contributed by atoms with E-state index in [9.17, 15) is 4.79 Å². The molecule has 2 rings (SSSR count). The molecule has 0 spiro atoms. The third-order valence-electron chi connectivity index (χ3n) is 3.18. The van der Waals surface area contributed by atoms with Crippen molar-refractivity contribution in [3.63, 3.8) is 0 Å². The summed E-state index contributed by atoms with van der Waals surface area (Å²) in [5, 5.41) is 2.96. The van der Waals surface area contributed by atoms with Crippen LogP contribution >= 0.6 is 0 Å². The largest absolute Gasteiger partial charge is 0.352 e. The Balaban J connectivity index is 1.86. The number of hydrogen-bond donors (Lipinski definition) is 1. The molecular weight excluding hydrogens is 242 g/mol. The van der Waals surface area contributed by atoms with Gasteiger partial charge in [-0.25, -0.2) is 9.97 Å². The highest BCUT2D eigenvalue weighted by atomic mass is 16.1. The minimum Gasteiger partial charge on any atom is -0.352 e. The maximum absolute atomic E-state index is 11.0. The Kier molecular flexibility index (Phi) is 4.31. The van der Waals surface area contributed by atoms with Gasteiger partial charge < -0.3 is 10.2 Å². The first-order valence-corrected chi connectivity index (χ1v) is 6.52. The Hall–Kier alpha value is -1.69. The predicted molar refractivity (Wildman–Crippen MR) is 73.9 cm³/mol. The highest BCUT2D eigenvalue weighted by Crippen LogP contribution is 2.13. The lowest BCUT2D eigenvalue weighted by atomic mass is 10.2. The Morgan fingerprint density at radius 3 is 2.74 bits per heavy atom. The third-order valence-corrected chi connectivity index (χ3v) is 3.18. The van der Waals surface area contributed by atoms with Gasteiger partial charge in [0.2, 0.25) is 11.9 Å². The smallest absolute Gasteiger partial charge is 0.224 e. The number of anilines is 1. The number of hydrogen-bond acceptors (Lipinski definition) is 5. The molecule has 0 bridgehead atoms. The van der Waals surface area contributed by atoms with Gasteiger partial charge in [-0.05, 0) is 6.42 Å². The fraction of sp³-hybridized carbons (Fsp3) is 0.615. The Morgan fingerprint density at radius 2 is 2.16 bits per heavy atom. The molecule has 1 N–H and O–H groups in total. The van der Waals surface area contributed by atoms with Crippen molar-refractivity contribution in [2.75, 3.05) is 32.1 Å². The van der Waals surface area contributed by atoms with Crippen LogP contribution in [-0.4, -0.2) is 54.0 Å². The van der Waals surface area contributed by atoms with E-state index in [-0.39, 0.29) is 11.9 Å². The minimum absolute atomic E-state index is 0.0468. The summed E-state index contributed by atoms with van der Waals surface area (Å²) in [4.78, 5) is 23.8. The maximum atomic E-state index is 11.0. The van der Waals surface area contributed by atoms with E-state index in [0.717, 1.165) is 37.6 Å². The fourth-order valence-electron chi connectivity index (χ4n) is 2.30. The molecule has 6 nitrogen and oxygen atoms in total. The first-order chi connectivity index (χ1) is 9.04. The molecule has 1 saturated heterocycles. The molecule has 2 heterocycles. The minimum atomic E-state index is 0.0468. The van der Waals surface area contributed by atoms with Gasteiger partial charge in [0.05, 0.1) is 0 Å². The monoisotopic (exact) mass is 263 g/mol. The number of carbonyl (C=O) groups is 1. The van der Waals surface area contributed by atoms with Crippen molar-refractivity contribution in [3.05, 3.63) is 18.0 Å². The molecule has 0 aliphatic carbocycles. The lowest BCUT2D eigenvalue weighted by Gasteiger charge is -2.16. The van der Waals surface area contributed by atoms with Crippen LogP contribution in [0.15, 0.2) is 12.4 Å². The molecule has 0 unspecified atom stereocenters. The van der Waals surface area contributed by atoms with Crippen LogP contribution in [0, 0.1) is 0 Å². The number of likely N-dealkylation sites (tertiary alicyclic amines) is 1. The van der Waals surface area contributed by atoms with Crippen LogP contribution in [0.2, 0.25) is 0 Å². The second kappa shape index (κ2) is 5.97. The van der Waals surface area contributed by atoms with Crippen LogP contribution < -0.4 is 10.2 Å². The first kappa shape index (κ1) is 13.7. The Morgan fingerprint density at radius 1 is 1.47 bits per heavy atom. The van der Waals surface area contributed by atoms with Gasteiger partial charge in [-0.15, -0.1) is 0 Å². The second-order valence-corrected chi connectivity index (χ2v) is 5.21. The summed E-state index contributed by atoms with van der Waals surface area (Å²) in [6.07, 6.45) is 4.75. The molecular formula is C13H21N5O. The molecule has 1 aliphatic rings. The average Bonchev–Trinajstić information content (AvgIpc) is 2.76. The number of rotatable bonds is 4. The fourth-order valence-corrected chi connectivity index (χ4v) is 2.30. The number of amides is 1. The molecule has 104 valence electrons. The van der Waals surface area contributed by atoms with E-state index < -0.39 is 0 Å². The summed E-state index contributed by atoms with van der Waals surface area (Å²) in [7, 11) is 3.85. The summed E-state index contributed by atoms with van der Waals surface area (Å²) < 4.78 is 0. The van der Waals surface area contributed by atoms with E-state index in [1.807, 2.05) is 31.4 Å². The number of aromatic nitrogens is 2. The zero-order valence-corrected chi connectivity index (χ0v) is 11.8. The molecule has 1 aliphatic heterocycles. The molecule has 1 aromatic heterocycles. The summed E-state index contributed by atoms with van der Waals surface area (Å²) in [6.45, 7) is 4.30. The van der Waals surface area contributed by atoms with Crippen molar-refractivity contribution in [2.45, 2.75) is 25.9 Å². The number of nitrogens with one attached hydrogen (secondary N) is 1. The molecule has 0 saturated carbocycles. The van der Waals surface area contributed by atoms with Crippen LogP contribution in [0.5, 0.6) is 0 Å². The van der Waals surface area contributed by atoms with E-state index in [4.69, 9.17) is 0 Å². The van der Waals surface area contributed by atoms with Gasteiger partial charge in [-0.3, -0.25) is 9.69 Å². The van der Waals surface area contributed by atoms with Crippen LogP contribution in [0.3, 0.4) is 0 Å². The standard InChI is InChI=1S/C13H21N5O/c1-10(19)16-12-4-5-18(9-12)8-11-6-14-13(15-7-11)17(2)3/h6-7,12H,4-5,8-9H2,1-3H3,(H,16,19)/t12-/m1/s1. The highest BCUT2D eigenvalue weighted by Gasteiger charge is 2.22. The zero-order chi connectivity index (χ0) is 13.8. The van der Waals surface area contributed by atoms with Crippen LogP contribution in [0.1, 0.15) is 18.9 Å². The van der Waals surface area contributed by atoms with Gasteiger partial charge >= 0.3 is 0 Å². The van der Waals surface area contributed by atoms with E-state index >= 15 is 0 Å². The Labute approximate surface area is 113 Å². The van der Waals surface area contributed by atoms with Gasteiger partial charge in [0.25, 0.3) is 0 Å². The van der Waals surface area contributed by atoms with Crippen molar-refractivity contribution in [1.29, 1.82) is 0 Å². The van der Waals surface area contributed by atoms with Crippen molar-refractivity contribution >= 4 is 11.9 Å². The topological polar surface area (TPSA) is 61.4 Å². The quantitative estimate of drug-likeness (QED) is 0.844. The summed E-state index contributed by atoms with van der Waals surface area (Å²) >= 11 is 0. The zero-order valence-electron chi connectivity index (χ0n) is 11.8. The molecule has 1 atom stereocenters. The highest BCUT2D eigenvalue weighted by molar-refractivity contribution is 5.73. The van der Waals surface area contributed by atoms with Crippen molar-refractivity contribution in [2.24, 2.45) is 0 Å². The summed E-state index contributed by atoms with van der Waals surface area (Å²) in [5.74, 6) is 0.770. The lowest BCUT2D eigenvalue weighted by molar-refractivity contribution is -0.119.